The molecule has 1 saturated heterocycles. The van der Waals surface area contributed by atoms with Gasteiger partial charge in [0.25, 0.3) is 11.8 Å². The van der Waals surface area contributed by atoms with E-state index in [0.29, 0.717) is 42.1 Å². The fourth-order valence-electron chi connectivity index (χ4n) is 3.96. The first-order valence-electron chi connectivity index (χ1n) is 10.6. The number of amides is 3. The van der Waals surface area contributed by atoms with Crippen molar-refractivity contribution in [3.8, 4) is 5.75 Å². The standard InChI is InChI=1S/C23H27N3O4S/c1-30-18-6-3-2-5-17(18)23(29)26-12-10-15(11-13-26)20(22(28)24-16-8-9-16)25-21(27)19-7-4-14-31-19/h2-7,14-16,20H,8-13H2,1H3,(H,24,28)(H,25,27). The zero-order chi connectivity index (χ0) is 21.8. The third-order valence-corrected chi connectivity index (χ3v) is 6.74. The molecule has 8 heteroatoms. The molecule has 0 radical (unpaired) electrons. The summed E-state index contributed by atoms with van der Waals surface area (Å²) < 4.78 is 5.32. The van der Waals surface area contributed by atoms with Crippen molar-refractivity contribution >= 4 is 29.1 Å². The minimum atomic E-state index is -0.598. The van der Waals surface area contributed by atoms with Gasteiger partial charge in [-0.1, -0.05) is 18.2 Å². The molecule has 7 nitrogen and oxygen atoms in total. The van der Waals surface area contributed by atoms with Crippen LogP contribution in [0.15, 0.2) is 41.8 Å². The molecule has 1 unspecified atom stereocenters. The highest BCUT2D eigenvalue weighted by Crippen LogP contribution is 2.27. The second kappa shape index (κ2) is 9.51. The zero-order valence-electron chi connectivity index (χ0n) is 17.5. The first-order chi connectivity index (χ1) is 15.1. The minimum Gasteiger partial charge on any atom is -0.496 e. The van der Waals surface area contributed by atoms with Crippen molar-refractivity contribution in [1.82, 2.24) is 15.5 Å². The van der Waals surface area contributed by atoms with Gasteiger partial charge in [0.05, 0.1) is 17.6 Å². The lowest BCUT2D eigenvalue weighted by atomic mass is 9.88. The summed E-state index contributed by atoms with van der Waals surface area (Å²) >= 11 is 1.35. The first-order valence-corrected chi connectivity index (χ1v) is 11.5. The number of piperidine rings is 1. The van der Waals surface area contributed by atoms with Gasteiger partial charge in [-0.3, -0.25) is 14.4 Å². The van der Waals surface area contributed by atoms with Gasteiger partial charge < -0.3 is 20.3 Å². The van der Waals surface area contributed by atoms with Crippen molar-refractivity contribution in [1.29, 1.82) is 0 Å². The summed E-state index contributed by atoms with van der Waals surface area (Å²) in [5, 5.41) is 7.82. The van der Waals surface area contributed by atoms with Crippen LogP contribution in [0.25, 0.3) is 0 Å². The Balaban J connectivity index is 1.42. The number of hydrogen-bond donors (Lipinski definition) is 2. The van der Waals surface area contributed by atoms with Gasteiger partial charge in [0, 0.05) is 19.1 Å². The number of carbonyl (C=O) groups excluding carboxylic acids is 3. The Morgan fingerprint density at radius 1 is 1.06 bits per heavy atom. The van der Waals surface area contributed by atoms with Gasteiger partial charge in [0.1, 0.15) is 11.8 Å². The highest BCUT2D eigenvalue weighted by molar-refractivity contribution is 7.12. The first kappa shape index (κ1) is 21.4. The van der Waals surface area contributed by atoms with E-state index in [-0.39, 0.29) is 29.7 Å². The number of likely N-dealkylation sites (tertiary alicyclic amines) is 1. The lowest BCUT2D eigenvalue weighted by molar-refractivity contribution is -0.124. The molecule has 1 aromatic carbocycles. The van der Waals surface area contributed by atoms with Gasteiger partial charge in [0.15, 0.2) is 0 Å². The summed E-state index contributed by atoms with van der Waals surface area (Å²) in [5.74, 6) is 0.113. The molecule has 4 rings (SSSR count). The van der Waals surface area contributed by atoms with Crippen LogP contribution in [0, 0.1) is 5.92 Å². The number of ether oxygens (including phenoxy) is 1. The average molecular weight is 442 g/mol. The summed E-state index contributed by atoms with van der Waals surface area (Å²) in [4.78, 5) is 40.9. The van der Waals surface area contributed by atoms with Gasteiger partial charge >= 0.3 is 0 Å². The van der Waals surface area contributed by atoms with Crippen molar-refractivity contribution in [2.24, 2.45) is 5.92 Å². The number of carbonyl (C=O) groups is 3. The highest BCUT2D eigenvalue weighted by Gasteiger charge is 2.36. The summed E-state index contributed by atoms with van der Waals surface area (Å²) in [6.07, 6.45) is 3.27. The third kappa shape index (κ3) is 5.07. The van der Waals surface area contributed by atoms with E-state index in [0.717, 1.165) is 12.8 Å². The quantitative estimate of drug-likeness (QED) is 0.692. The molecule has 2 heterocycles. The van der Waals surface area contributed by atoms with Crippen LogP contribution >= 0.6 is 11.3 Å². The molecule has 164 valence electrons. The van der Waals surface area contributed by atoms with Gasteiger partial charge in [-0.2, -0.15) is 0 Å². The summed E-state index contributed by atoms with van der Waals surface area (Å²) in [7, 11) is 1.55. The van der Waals surface area contributed by atoms with Crippen LogP contribution < -0.4 is 15.4 Å². The molecule has 1 aliphatic heterocycles. The van der Waals surface area contributed by atoms with Crippen LogP contribution in [0.2, 0.25) is 0 Å². The van der Waals surface area contributed by atoms with Crippen molar-refractivity contribution in [2.45, 2.75) is 37.8 Å². The number of nitrogens with zero attached hydrogens (tertiary/aromatic N) is 1. The lowest BCUT2D eigenvalue weighted by Crippen LogP contribution is -2.54. The van der Waals surface area contributed by atoms with Gasteiger partial charge in [-0.05, 0) is 55.2 Å². The molecule has 2 aromatic rings. The molecule has 1 aromatic heterocycles. The fourth-order valence-corrected chi connectivity index (χ4v) is 4.59. The van der Waals surface area contributed by atoms with E-state index in [1.165, 1.54) is 11.3 Å². The van der Waals surface area contributed by atoms with Crippen LogP contribution in [-0.4, -0.2) is 54.9 Å². The second-order valence-electron chi connectivity index (χ2n) is 8.04. The number of thiophene rings is 1. The maximum absolute atomic E-state index is 13.0. The average Bonchev–Trinajstić information content (AvgIpc) is 3.44. The van der Waals surface area contributed by atoms with E-state index in [4.69, 9.17) is 4.74 Å². The van der Waals surface area contributed by atoms with Crippen LogP contribution in [0.4, 0.5) is 0 Å². The maximum atomic E-state index is 13.0. The summed E-state index contributed by atoms with van der Waals surface area (Å²) in [6, 6.07) is 10.4. The topological polar surface area (TPSA) is 87.7 Å². The Kier molecular flexibility index (Phi) is 6.56. The smallest absolute Gasteiger partial charge is 0.262 e. The second-order valence-corrected chi connectivity index (χ2v) is 8.99. The van der Waals surface area contributed by atoms with Crippen molar-refractivity contribution < 1.29 is 19.1 Å². The molecular formula is C23H27N3O4S. The molecule has 1 saturated carbocycles. The maximum Gasteiger partial charge on any atom is 0.262 e. The molecule has 1 atom stereocenters. The lowest BCUT2D eigenvalue weighted by Gasteiger charge is -2.36. The number of methoxy groups -OCH3 is 1. The Morgan fingerprint density at radius 2 is 1.81 bits per heavy atom. The SMILES string of the molecule is COc1ccccc1C(=O)N1CCC(C(NC(=O)c2cccs2)C(=O)NC2CC2)CC1. The molecular weight excluding hydrogens is 414 g/mol. The fraction of sp³-hybridized carbons (Fsp3) is 0.435. The zero-order valence-corrected chi connectivity index (χ0v) is 18.3. The Hall–Kier alpha value is -2.87. The molecule has 2 aliphatic rings. The predicted molar refractivity (Wildman–Crippen MR) is 118 cm³/mol. The molecule has 0 spiro atoms. The monoisotopic (exact) mass is 441 g/mol. The Labute approximate surface area is 185 Å². The van der Waals surface area contributed by atoms with Crippen LogP contribution in [0.1, 0.15) is 45.7 Å². The van der Waals surface area contributed by atoms with E-state index in [2.05, 4.69) is 10.6 Å². The Morgan fingerprint density at radius 3 is 2.45 bits per heavy atom. The van der Waals surface area contributed by atoms with E-state index in [1.54, 1.807) is 30.2 Å². The highest BCUT2D eigenvalue weighted by atomic mass is 32.1. The van der Waals surface area contributed by atoms with E-state index in [1.807, 2.05) is 23.6 Å². The number of hydrogen-bond acceptors (Lipinski definition) is 5. The number of nitrogens with one attached hydrogen (secondary N) is 2. The van der Waals surface area contributed by atoms with Crippen molar-refractivity contribution in [3.63, 3.8) is 0 Å². The van der Waals surface area contributed by atoms with Gasteiger partial charge in [0.2, 0.25) is 5.91 Å². The molecule has 1 aliphatic carbocycles. The molecule has 2 fully saturated rings. The normalized spacial score (nSPS) is 17.6. The van der Waals surface area contributed by atoms with E-state index < -0.39 is 6.04 Å². The summed E-state index contributed by atoms with van der Waals surface area (Å²) in [5.41, 5.74) is 0.539. The molecule has 0 bridgehead atoms. The number of rotatable bonds is 7. The molecule has 3 amide bonds. The number of para-hydroxylation sites is 1. The molecule has 31 heavy (non-hydrogen) atoms. The van der Waals surface area contributed by atoms with E-state index in [9.17, 15) is 14.4 Å². The third-order valence-electron chi connectivity index (χ3n) is 5.87. The Bertz CT molecular complexity index is 934. The largest absolute Gasteiger partial charge is 0.496 e. The minimum absolute atomic E-state index is 0.0237. The summed E-state index contributed by atoms with van der Waals surface area (Å²) in [6.45, 7) is 1.06. The van der Waals surface area contributed by atoms with Crippen molar-refractivity contribution in [3.05, 3.63) is 52.2 Å². The van der Waals surface area contributed by atoms with Crippen LogP contribution in [0.3, 0.4) is 0 Å². The van der Waals surface area contributed by atoms with Gasteiger partial charge in [-0.25, -0.2) is 0 Å². The predicted octanol–water partition coefficient (Wildman–Crippen LogP) is 2.69. The van der Waals surface area contributed by atoms with Gasteiger partial charge in [-0.15, -0.1) is 11.3 Å². The van der Waals surface area contributed by atoms with Crippen molar-refractivity contribution in [2.75, 3.05) is 20.2 Å². The van der Waals surface area contributed by atoms with Crippen LogP contribution in [0.5, 0.6) is 5.75 Å². The number of benzene rings is 1. The molecule has 2 N–H and O–H groups in total. The van der Waals surface area contributed by atoms with Crippen LogP contribution in [-0.2, 0) is 4.79 Å². The van der Waals surface area contributed by atoms with E-state index >= 15 is 0 Å².